The fourth-order valence-electron chi connectivity index (χ4n) is 1.80. The maximum Gasteiger partial charge on any atom is 0.0484 e. The van der Waals surface area contributed by atoms with Gasteiger partial charge in [-0.1, -0.05) is 31.4 Å². The lowest BCUT2D eigenvalue weighted by Gasteiger charge is -2.25. The third-order valence-corrected chi connectivity index (χ3v) is 3.66. The second-order valence-corrected chi connectivity index (χ2v) is 4.85. The predicted molar refractivity (Wildman–Crippen MR) is 64.6 cm³/mol. The van der Waals surface area contributed by atoms with E-state index in [1.54, 1.807) is 0 Å². The molecule has 1 aromatic carbocycles. The Balaban J connectivity index is 1.76. The van der Waals surface area contributed by atoms with Crippen molar-refractivity contribution >= 4 is 21.6 Å². The van der Waals surface area contributed by atoms with Gasteiger partial charge >= 0.3 is 0 Å². The third kappa shape index (κ3) is 2.50. The second kappa shape index (κ2) is 4.83. The average Bonchev–Trinajstić information content (AvgIpc) is 2.12. The van der Waals surface area contributed by atoms with Gasteiger partial charge in [0.25, 0.3) is 0 Å². The molecule has 14 heavy (non-hydrogen) atoms. The molecule has 1 saturated carbocycles. The van der Waals surface area contributed by atoms with Crippen LogP contribution in [0.4, 0.5) is 5.69 Å². The SMILES string of the molecule is Brc1ccccc1NCCC1CCC1. The van der Waals surface area contributed by atoms with Crippen LogP contribution in [0.2, 0.25) is 0 Å². The lowest BCUT2D eigenvalue weighted by atomic mass is 9.83. The first kappa shape index (κ1) is 10.0. The first-order valence-corrected chi connectivity index (χ1v) is 6.14. The van der Waals surface area contributed by atoms with E-state index < -0.39 is 0 Å². The summed E-state index contributed by atoms with van der Waals surface area (Å²) in [6.07, 6.45) is 5.65. The molecule has 0 saturated heterocycles. The summed E-state index contributed by atoms with van der Waals surface area (Å²) in [5.74, 6) is 0.991. The van der Waals surface area contributed by atoms with Crippen LogP contribution >= 0.6 is 15.9 Å². The molecule has 0 aliphatic heterocycles. The zero-order valence-electron chi connectivity index (χ0n) is 8.30. The molecule has 0 radical (unpaired) electrons. The van der Waals surface area contributed by atoms with E-state index in [1.165, 1.54) is 31.4 Å². The lowest BCUT2D eigenvalue weighted by Crippen LogP contribution is -2.15. The van der Waals surface area contributed by atoms with E-state index in [2.05, 4.69) is 39.4 Å². The molecule has 0 atom stereocenters. The Bertz CT molecular complexity index is 294. The fraction of sp³-hybridized carbons (Fsp3) is 0.500. The smallest absolute Gasteiger partial charge is 0.0484 e. The van der Waals surface area contributed by atoms with Gasteiger partial charge in [0.2, 0.25) is 0 Å². The molecule has 1 fully saturated rings. The second-order valence-electron chi connectivity index (χ2n) is 3.99. The molecule has 0 amide bonds. The molecule has 0 spiro atoms. The molecule has 0 bridgehead atoms. The zero-order valence-corrected chi connectivity index (χ0v) is 9.89. The standard InChI is InChI=1S/C12H16BrN/c13-11-6-1-2-7-12(11)14-9-8-10-4-3-5-10/h1-2,6-7,10,14H,3-5,8-9H2. The van der Waals surface area contributed by atoms with Crippen LogP contribution < -0.4 is 5.32 Å². The van der Waals surface area contributed by atoms with Crippen molar-refractivity contribution in [3.8, 4) is 0 Å². The molecule has 1 aliphatic carbocycles. The van der Waals surface area contributed by atoms with Gasteiger partial charge in [-0.3, -0.25) is 0 Å². The van der Waals surface area contributed by atoms with Crippen molar-refractivity contribution in [3.05, 3.63) is 28.7 Å². The van der Waals surface area contributed by atoms with E-state index in [-0.39, 0.29) is 0 Å². The van der Waals surface area contributed by atoms with Crippen molar-refractivity contribution in [2.45, 2.75) is 25.7 Å². The molecular formula is C12H16BrN. The molecule has 1 aromatic rings. The van der Waals surface area contributed by atoms with Crippen LogP contribution in [0.15, 0.2) is 28.7 Å². The molecule has 1 aliphatic rings. The van der Waals surface area contributed by atoms with Crippen LogP contribution in [0.3, 0.4) is 0 Å². The summed E-state index contributed by atoms with van der Waals surface area (Å²) < 4.78 is 1.16. The Morgan fingerprint density at radius 1 is 1.29 bits per heavy atom. The lowest BCUT2D eigenvalue weighted by molar-refractivity contribution is 0.303. The Labute approximate surface area is 94.0 Å². The van der Waals surface area contributed by atoms with Gasteiger partial charge in [0.1, 0.15) is 0 Å². The molecular weight excluding hydrogens is 238 g/mol. The van der Waals surface area contributed by atoms with Crippen LogP contribution in [0, 0.1) is 5.92 Å². The normalized spacial score (nSPS) is 16.4. The minimum absolute atomic E-state index is 0.991. The number of hydrogen-bond donors (Lipinski definition) is 1. The highest BCUT2D eigenvalue weighted by molar-refractivity contribution is 9.10. The van der Waals surface area contributed by atoms with E-state index in [4.69, 9.17) is 0 Å². The number of nitrogens with one attached hydrogen (secondary N) is 1. The van der Waals surface area contributed by atoms with Gasteiger partial charge in [0, 0.05) is 16.7 Å². The molecule has 1 N–H and O–H groups in total. The van der Waals surface area contributed by atoms with Gasteiger partial charge in [0.15, 0.2) is 0 Å². The summed E-state index contributed by atoms with van der Waals surface area (Å²) in [5, 5.41) is 3.47. The van der Waals surface area contributed by atoms with Gasteiger partial charge in [-0.15, -0.1) is 0 Å². The Morgan fingerprint density at radius 3 is 2.71 bits per heavy atom. The van der Waals surface area contributed by atoms with Gasteiger partial charge in [-0.25, -0.2) is 0 Å². The summed E-state index contributed by atoms with van der Waals surface area (Å²) in [4.78, 5) is 0. The van der Waals surface area contributed by atoms with E-state index in [9.17, 15) is 0 Å². The largest absolute Gasteiger partial charge is 0.384 e. The number of hydrogen-bond acceptors (Lipinski definition) is 1. The van der Waals surface area contributed by atoms with Crippen molar-refractivity contribution in [2.24, 2.45) is 5.92 Å². The molecule has 76 valence electrons. The van der Waals surface area contributed by atoms with Crippen molar-refractivity contribution in [1.82, 2.24) is 0 Å². The highest BCUT2D eigenvalue weighted by atomic mass is 79.9. The predicted octanol–water partition coefficient (Wildman–Crippen LogP) is 4.05. The van der Waals surface area contributed by atoms with Gasteiger partial charge in [-0.05, 0) is 40.4 Å². The van der Waals surface area contributed by atoms with Crippen LogP contribution in [-0.4, -0.2) is 6.54 Å². The van der Waals surface area contributed by atoms with E-state index in [0.717, 1.165) is 16.9 Å². The van der Waals surface area contributed by atoms with Gasteiger partial charge in [-0.2, -0.15) is 0 Å². The quantitative estimate of drug-likeness (QED) is 0.854. The summed E-state index contributed by atoms with van der Waals surface area (Å²) in [6.45, 7) is 1.10. The molecule has 2 rings (SSSR count). The topological polar surface area (TPSA) is 12.0 Å². The number of benzene rings is 1. The van der Waals surface area contributed by atoms with Crippen molar-refractivity contribution in [1.29, 1.82) is 0 Å². The summed E-state index contributed by atoms with van der Waals surface area (Å²) >= 11 is 3.53. The van der Waals surface area contributed by atoms with E-state index >= 15 is 0 Å². The Hall–Kier alpha value is -0.500. The van der Waals surface area contributed by atoms with E-state index in [0.29, 0.717) is 0 Å². The van der Waals surface area contributed by atoms with Crippen molar-refractivity contribution in [2.75, 3.05) is 11.9 Å². The Kier molecular flexibility index (Phi) is 3.46. The van der Waals surface area contributed by atoms with Gasteiger partial charge in [0.05, 0.1) is 0 Å². The number of rotatable bonds is 4. The first-order chi connectivity index (χ1) is 6.86. The third-order valence-electron chi connectivity index (χ3n) is 2.97. The van der Waals surface area contributed by atoms with Crippen LogP contribution in [0.25, 0.3) is 0 Å². The summed E-state index contributed by atoms with van der Waals surface area (Å²) in [6, 6.07) is 8.30. The highest BCUT2D eigenvalue weighted by Crippen LogP contribution is 2.29. The average molecular weight is 254 g/mol. The van der Waals surface area contributed by atoms with E-state index in [1.807, 2.05) is 6.07 Å². The Morgan fingerprint density at radius 2 is 2.07 bits per heavy atom. The molecule has 0 unspecified atom stereocenters. The molecule has 0 heterocycles. The first-order valence-electron chi connectivity index (χ1n) is 5.34. The zero-order chi connectivity index (χ0) is 9.80. The van der Waals surface area contributed by atoms with Gasteiger partial charge < -0.3 is 5.32 Å². The maximum absolute atomic E-state index is 3.53. The van der Waals surface area contributed by atoms with Crippen molar-refractivity contribution < 1.29 is 0 Å². The summed E-state index contributed by atoms with van der Waals surface area (Å²) in [5.41, 5.74) is 1.21. The van der Waals surface area contributed by atoms with Crippen LogP contribution in [-0.2, 0) is 0 Å². The minimum Gasteiger partial charge on any atom is -0.384 e. The highest BCUT2D eigenvalue weighted by Gasteiger charge is 2.16. The molecule has 2 heteroatoms. The monoisotopic (exact) mass is 253 g/mol. The summed E-state index contributed by atoms with van der Waals surface area (Å²) in [7, 11) is 0. The fourth-order valence-corrected chi connectivity index (χ4v) is 2.22. The minimum atomic E-state index is 0.991. The number of halogens is 1. The van der Waals surface area contributed by atoms with Crippen molar-refractivity contribution in [3.63, 3.8) is 0 Å². The molecule has 1 nitrogen and oxygen atoms in total. The maximum atomic E-state index is 3.53. The molecule has 0 aromatic heterocycles. The van der Waals surface area contributed by atoms with Crippen LogP contribution in [0.1, 0.15) is 25.7 Å². The van der Waals surface area contributed by atoms with Crippen LogP contribution in [0.5, 0.6) is 0 Å². The number of para-hydroxylation sites is 1. The number of anilines is 1.